The van der Waals surface area contributed by atoms with Gasteiger partial charge in [0.2, 0.25) is 5.75 Å². The van der Waals surface area contributed by atoms with Crippen molar-refractivity contribution in [2.24, 2.45) is 0 Å². The van der Waals surface area contributed by atoms with E-state index in [-0.39, 0.29) is 23.6 Å². The number of nitro benzene ring substituents is 1. The summed E-state index contributed by atoms with van der Waals surface area (Å²) in [6.07, 6.45) is 1.40. The second-order valence-corrected chi connectivity index (χ2v) is 5.28. The molecule has 0 aromatic heterocycles. The molecule has 0 aliphatic rings. The normalized spacial score (nSPS) is 10.9. The van der Waals surface area contributed by atoms with Gasteiger partial charge in [0.25, 0.3) is 0 Å². The minimum absolute atomic E-state index is 0.00398. The smallest absolute Gasteiger partial charge is 0.339 e. The zero-order valence-electron chi connectivity index (χ0n) is 11.7. The van der Waals surface area contributed by atoms with Gasteiger partial charge in [-0.25, -0.2) is 4.79 Å². The molecule has 1 rings (SSSR count). The van der Waals surface area contributed by atoms with E-state index in [9.17, 15) is 20.0 Å². The fourth-order valence-electron chi connectivity index (χ4n) is 1.63. The van der Waals surface area contributed by atoms with Gasteiger partial charge in [-0.1, -0.05) is 33.4 Å². The van der Waals surface area contributed by atoms with Crippen LogP contribution in [-0.2, 0) is 5.41 Å². The second kappa shape index (κ2) is 5.73. The Labute approximate surface area is 116 Å². The minimum Gasteiger partial charge on any atom is -0.482 e. The molecule has 6 nitrogen and oxygen atoms in total. The number of carboxylic acids is 1. The van der Waals surface area contributed by atoms with Gasteiger partial charge in [0, 0.05) is 6.07 Å². The Bertz CT molecular complexity index is 522. The number of hydrogen-bond donors (Lipinski definition) is 1. The molecule has 6 heteroatoms. The quantitative estimate of drug-likeness (QED) is 0.508. The first kappa shape index (κ1) is 15.7. The number of aromatic carboxylic acids is 1. The van der Waals surface area contributed by atoms with E-state index in [2.05, 4.69) is 6.58 Å². The van der Waals surface area contributed by atoms with Crippen molar-refractivity contribution in [2.45, 2.75) is 26.2 Å². The van der Waals surface area contributed by atoms with E-state index in [0.717, 1.165) is 0 Å². The van der Waals surface area contributed by atoms with Gasteiger partial charge in [0.1, 0.15) is 12.2 Å². The number of ether oxygens (including phenoxy) is 1. The maximum absolute atomic E-state index is 11.3. The van der Waals surface area contributed by atoms with Gasteiger partial charge in [-0.2, -0.15) is 0 Å². The molecule has 0 bridgehead atoms. The Morgan fingerprint density at radius 2 is 2.10 bits per heavy atom. The van der Waals surface area contributed by atoms with Crippen molar-refractivity contribution < 1.29 is 19.6 Å². The summed E-state index contributed by atoms with van der Waals surface area (Å²) in [5.74, 6) is -1.51. The third-order valence-corrected chi connectivity index (χ3v) is 2.71. The summed E-state index contributed by atoms with van der Waals surface area (Å²) >= 11 is 0. The van der Waals surface area contributed by atoms with Crippen molar-refractivity contribution >= 4 is 11.7 Å². The Balaban J connectivity index is 3.58. The van der Waals surface area contributed by atoms with Gasteiger partial charge in [-0.3, -0.25) is 10.1 Å². The monoisotopic (exact) mass is 279 g/mol. The molecule has 1 N–H and O–H groups in total. The van der Waals surface area contributed by atoms with Crippen LogP contribution < -0.4 is 4.74 Å². The molecule has 0 radical (unpaired) electrons. The fourth-order valence-corrected chi connectivity index (χ4v) is 1.63. The van der Waals surface area contributed by atoms with Crippen LogP contribution in [0.3, 0.4) is 0 Å². The number of hydrogen-bond acceptors (Lipinski definition) is 4. The summed E-state index contributed by atoms with van der Waals surface area (Å²) in [5, 5.41) is 20.4. The van der Waals surface area contributed by atoms with Gasteiger partial charge in [0.05, 0.1) is 4.92 Å². The molecular weight excluding hydrogens is 262 g/mol. The van der Waals surface area contributed by atoms with Crippen LogP contribution in [0, 0.1) is 10.1 Å². The van der Waals surface area contributed by atoms with Crippen LogP contribution in [0.25, 0.3) is 0 Å². The van der Waals surface area contributed by atoms with Crippen LogP contribution in [0.15, 0.2) is 24.8 Å². The molecule has 0 amide bonds. The third-order valence-electron chi connectivity index (χ3n) is 2.71. The number of benzene rings is 1. The molecule has 0 saturated heterocycles. The Morgan fingerprint density at radius 3 is 2.50 bits per heavy atom. The van der Waals surface area contributed by atoms with E-state index in [1.807, 2.05) is 20.8 Å². The molecular formula is C14H17NO5. The molecule has 0 spiro atoms. The molecule has 0 aliphatic heterocycles. The maximum atomic E-state index is 11.3. The first-order valence-corrected chi connectivity index (χ1v) is 5.98. The van der Waals surface area contributed by atoms with E-state index >= 15 is 0 Å². The van der Waals surface area contributed by atoms with Crippen LogP contribution >= 0.6 is 0 Å². The lowest BCUT2D eigenvalue weighted by Crippen LogP contribution is -2.15. The average molecular weight is 279 g/mol. The average Bonchev–Trinajstić information content (AvgIpc) is 2.33. The van der Waals surface area contributed by atoms with Gasteiger partial charge in [0.15, 0.2) is 0 Å². The van der Waals surface area contributed by atoms with Crippen LogP contribution in [0.4, 0.5) is 5.69 Å². The predicted molar refractivity (Wildman–Crippen MR) is 74.4 cm³/mol. The lowest BCUT2D eigenvalue weighted by Gasteiger charge is -2.20. The van der Waals surface area contributed by atoms with E-state index in [1.54, 1.807) is 0 Å². The number of nitrogens with zero attached hydrogens (tertiary/aromatic N) is 1. The molecule has 0 aliphatic carbocycles. The fraction of sp³-hybridized carbons (Fsp3) is 0.357. The summed E-state index contributed by atoms with van der Waals surface area (Å²) in [6, 6.07) is 2.76. The maximum Gasteiger partial charge on any atom is 0.339 e. The van der Waals surface area contributed by atoms with Gasteiger partial charge < -0.3 is 9.84 Å². The molecule has 1 aromatic carbocycles. The molecule has 0 fully saturated rings. The molecule has 0 saturated carbocycles. The highest BCUT2D eigenvalue weighted by molar-refractivity contribution is 5.93. The van der Waals surface area contributed by atoms with Gasteiger partial charge >= 0.3 is 11.7 Å². The summed E-state index contributed by atoms with van der Waals surface area (Å²) < 4.78 is 5.17. The zero-order chi connectivity index (χ0) is 15.5. The first-order valence-electron chi connectivity index (χ1n) is 5.98. The summed E-state index contributed by atoms with van der Waals surface area (Å²) in [7, 11) is 0. The molecule has 20 heavy (non-hydrogen) atoms. The second-order valence-electron chi connectivity index (χ2n) is 5.28. The van der Waals surface area contributed by atoms with Crippen molar-refractivity contribution in [3.05, 3.63) is 46.0 Å². The van der Waals surface area contributed by atoms with Crippen molar-refractivity contribution in [2.75, 3.05) is 6.61 Å². The topological polar surface area (TPSA) is 89.7 Å². The Kier molecular flexibility index (Phi) is 4.49. The molecule has 108 valence electrons. The molecule has 0 atom stereocenters. The molecule has 1 aromatic rings. The highest BCUT2D eigenvalue weighted by Gasteiger charge is 2.28. The number of rotatable bonds is 5. The van der Waals surface area contributed by atoms with E-state index in [4.69, 9.17) is 4.74 Å². The van der Waals surface area contributed by atoms with Crippen LogP contribution in [-0.4, -0.2) is 22.6 Å². The molecule has 0 heterocycles. The van der Waals surface area contributed by atoms with Crippen LogP contribution in [0.1, 0.15) is 36.7 Å². The zero-order valence-corrected chi connectivity index (χ0v) is 11.7. The first-order chi connectivity index (χ1) is 9.18. The lowest BCUT2D eigenvalue weighted by molar-refractivity contribution is -0.385. The summed E-state index contributed by atoms with van der Waals surface area (Å²) in [6.45, 7) is 8.98. The SMILES string of the molecule is C=CCOc1c(C(=O)O)cc(C(C)(C)C)cc1[N+](=O)[O-]. The Hall–Kier alpha value is -2.37. The van der Waals surface area contributed by atoms with Crippen molar-refractivity contribution in [3.8, 4) is 5.75 Å². The highest BCUT2D eigenvalue weighted by Crippen LogP contribution is 2.36. The Morgan fingerprint density at radius 1 is 1.50 bits per heavy atom. The van der Waals surface area contributed by atoms with E-state index < -0.39 is 16.3 Å². The van der Waals surface area contributed by atoms with Crippen LogP contribution in [0.2, 0.25) is 0 Å². The summed E-state index contributed by atoms with van der Waals surface area (Å²) in [4.78, 5) is 21.8. The third kappa shape index (κ3) is 3.34. The van der Waals surface area contributed by atoms with Crippen molar-refractivity contribution in [3.63, 3.8) is 0 Å². The number of nitro groups is 1. The van der Waals surface area contributed by atoms with E-state index in [0.29, 0.717) is 5.56 Å². The van der Waals surface area contributed by atoms with Crippen molar-refractivity contribution in [1.29, 1.82) is 0 Å². The molecule has 0 unspecified atom stereocenters. The standard InChI is InChI=1S/C14H17NO5/c1-5-6-20-12-10(13(16)17)7-9(14(2,3)4)8-11(12)15(18)19/h5,7-8H,1,6H2,2-4H3,(H,16,17). The van der Waals surface area contributed by atoms with Gasteiger partial charge in [-0.05, 0) is 17.0 Å². The van der Waals surface area contributed by atoms with Crippen LogP contribution in [0.5, 0.6) is 5.75 Å². The van der Waals surface area contributed by atoms with E-state index in [1.165, 1.54) is 18.2 Å². The van der Waals surface area contributed by atoms with Gasteiger partial charge in [-0.15, -0.1) is 0 Å². The largest absolute Gasteiger partial charge is 0.482 e. The summed E-state index contributed by atoms with van der Waals surface area (Å²) in [5.41, 5.74) is -0.415. The minimum atomic E-state index is -1.27. The number of carboxylic acid groups (broad SMARTS) is 1. The van der Waals surface area contributed by atoms with Crippen molar-refractivity contribution in [1.82, 2.24) is 0 Å². The number of carbonyl (C=O) groups is 1. The highest BCUT2D eigenvalue weighted by atomic mass is 16.6. The predicted octanol–water partition coefficient (Wildman–Crippen LogP) is 3.16. The lowest BCUT2D eigenvalue weighted by atomic mass is 9.85.